The third kappa shape index (κ3) is 5.38. The number of aromatic nitrogens is 5. The summed E-state index contributed by atoms with van der Waals surface area (Å²) in [4.78, 5) is 26.8. The van der Waals surface area contributed by atoms with Crippen LogP contribution in [0.4, 0.5) is 15.9 Å². The number of amides is 1. The van der Waals surface area contributed by atoms with E-state index in [9.17, 15) is 4.79 Å². The van der Waals surface area contributed by atoms with Crippen molar-refractivity contribution in [3.63, 3.8) is 0 Å². The molecular formula is C30H28FN7O3. The Bertz CT molecular complexity index is 1780. The lowest BCUT2D eigenvalue weighted by molar-refractivity contribution is -0.127. The molecule has 1 N–H and O–H groups in total. The average Bonchev–Trinajstić information content (AvgIpc) is 3.36. The molecule has 1 amide bonds. The fraction of sp³-hybridized carbons (Fsp3) is 0.233. The lowest BCUT2D eigenvalue weighted by atomic mass is 10.1. The van der Waals surface area contributed by atoms with E-state index in [1.54, 1.807) is 40.8 Å². The minimum absolute atomic E-state index is 0.0757. The van der Waals surface area contributed by atoms with Gasteiger partial charge in [0, 0.05) is 62.3 Å². The molecule has 10 nitrogen and oxygen atoms in total. The number of fused-ring (bicyclic) bond motifs is 2. The Hall–Kier alpha value is -5.06. The number of pyridine rings is 1. The quantitative estimate of drug-likeness (QED) is 0.265. The number of hydrogen-bond donors (Lipinski definition) is 1. The van der Waals surface area contributed by atoms with Crippen molar-refractivity contribution < 1.29 is 18.7 Å². The Morgan fingerprint density at radius 2 is 1.95 bits per heavy atom. The van der Waals surface area contributed by atoms with Gasteiger partial charge < -0.3 is 19.7 Å². The van der Waals surface area contributed by atoms with Gasteiger partial charge in [0.05, 0.1) is 16.7 Å². The number of piperidine rings is 1. The number of hydrogen-bond acceptors (Lipinski definition) is 8. The van der Waals surface area contributed by atoms with E-state index >= 15 is 4.39 Å². The average molecular weight is 554 g/mol. The van der Waals surface area contributed by atoms with Crippen LogP contribution in [-0.2, 0) is 11.8 Å². The number of ether oxygens (including phenoxy) is 2. The molecule has 1 aliphatic rings. The predicted molar refractivity (Wildman–Crippen MR) is 153 cm³/mol. The first-order valence-electron chi connectivity index (χ1n) is 13.2. The molecule has 5 aromatic rings. The lowest BCUT2D eigenvalue weighted by Gasteiger charge is -2.31. The van der Waals surface area contributed by atoms with Gasteiger partial charge in [-0.2, -0.15) is 5.10 Å². The summed E-state index contributed by atoms with van der Waals surface area (Å²) in [6.07, 6.45) is 5.93. The first-order valence-corrected chi connectivity index (χ1v) is 13.2. The number of halogens is 1. The lowest BCUT2D eigenvalue weighted by Crippen LogP contribution is -2.41. The van der Waals surface area contributed by atoms with Gasteiger partial charge in [-0.15, -0.1) is 0 Å². The van der Waals surface area contributed by atoms with Crippen molar-refractivity contribution in [1.29, 1.82) is 0 Å². The molecule has 41 heavy (non-hydrogen) atoms. The van der Waals surface area contributed by atoms with Crippen LogP contribution in [0.15, 0.2) is 67.6 Å². The topological polar surface area (TPSA) is 107 Å². The van der Waals surface area contributed by atoms with E-state index in [1.807, 2.05) is 31.4 Å². The van der Waals surface area contributed by atoms with Gasteiger partial charge in [-0.25, -0.2) is 19.3 Å². The maximum absolute atomic E-state index is 15.5. The third-order valence-corrected chi connectivity index (χ3v) is 7.08. The van der Waals surface area contributed by atoms with Gasteiger partial charge in [-0.3, -0.25) is 9.48 Å². The highest BCUT2D eigenvalue weighted by atomic mass is 19.1. The van der Waals surface area contributed by atoms with Gasteiger partial charge in [-0.05, 0) is 43.3 Å². The van der Waals surface area contributed by atoms with Crippen LogP contribution in [-0.4, -0.2) is 54.7 Å². The highest BCUT2D eigenvalue weighted by molar-refractivity contribution is 5.88. The summed E-state index contributed by atoms with van der Waals surface area (Å²) in [7, 11) is 1.86. The second kappa shape index (κ2) is 10.8. The fourth-order valence-electron chi connectivity index (χ4n) is 4.89. The molecule has 1 fully saturated rings. The number of likely N-dealkylation sites (tertiary alicyclic amines) is 1. The molecule has 0 aliphatic carbocycles. The monoisotopic (exact) mass is 553 g/mol. The molecule has 0 radical (unpaired) electrons. The van der Waals surface area contributed by atoms with Crippen LogP contribution >= 0.6 is 0 Å². The van der Waals surface area contributed by atoms with Crippen LogP contribution in [0.2, 0.25) is 0 Å². The van der Waals surface area contributed by atoms with E-state index in [0.717, 1.165) is 10.9 Å². The number of benzene rings is 2. The van der Waals surface area contributed by atoms with Crippen molar-refractivity contribution in [1.82, 2.24) is 29.6 Å². The van der Waals surface area contributed by atoms with Crippen LogP contribution < -0.4 is 14.8 Å². The zero-order valence-electron chi connectivity index (χ0n) is 22.7. The Morgan fingerprint density at radius 3 is 2.76 bits per heavy atom. The summed E-state index contributed by atoms with van der Waals surface area (Å²) >= 11 is 0. The Kier molecular flexibility index (Phi) is 6.92. The molecule has 0 bridgehead atoms. The van der Waals surface area contributed by atoms with E-state index in [1.165, 1.54) is 12.4 Å². The molecule has 0 unspecified atom stereocenters. The Morgan fingerprint density at radius 1 is 1.12 bits per heavy atom. The van der Waals surface area contributed by atoms with Gasteiger partial charge in [0.15, 0.2) is 11.6 Å². The Balaban J connectivity index is 1.20. The molecule has 3 aromatic heterocycles. The molecule has 0 spiro atoms. The number of nitrogens with one attached hydrogen (secondary N) is 1. The first kappa shape index (κ1) is 26.2. The molecule has 0 saturated carbocycles. The maximum atomic E-state index is 15.5. The van der Waals surface area contributed by atoms with E-state index in [2.05, 4.69) is 31.9 Å². The minimum Gasteiger partial charge on any atom is -0.474 e. The van der Waals surface area contributed by atoms with E-state index in [0.29, 0.717) is 65.7 Å². The highest BCUT2D eigenvalue weighted by Crippen LogP contribution is 2.33. The van der Waals surface area contributed by atoms with Crippen LogP contribution in [0.1, 0.15) is 18.4 Å². The summed E-state index contributed by atoms with van der Waals surface area (Å²) in [5.41, 5.74) is 2.39. The van der Waals surface area contributed by atoms with Gasteiger partial charge in [0.2, 0.25) is 11.8 Å². The molecule has 1 saturated heterocycles. The third-order valence-electron chi connectivity index (χ3n) is 7.08. The number of carbonyl (C=O) groups is 1. The van der Waals surface area contributed by atoms with Crippen molar-refractivity contribution in [2.45, 2.75) is 25.9 Å². The van der Waals surface area contributed by atoms with E-state index in [-0.39, 0.29) is 17.7 Å². The second-order valence-electron chi connectivity index (χ2n) is 9.89. The number of anilines is 2. The fourth-order valence-corrected chi connectivity index (χ4v) is 4.89. The van der Waals surface area contributed by atoms with E-state index in [4.69, 9.17) is 9.47 Å². The normalized spacial score (nSPS) is 13.9. The van der Waals surface area contributed by atoms with Gasteiger partial charge in [0.25, 0.3) is 0 Å². The molecule has 4 heterocycles. The summed E-state index contributed by atoms with van der Waals surface area (Å²) in [6.45, 7) is 6.39. The molecular weight excluding hydrogens is 525 g/mol. The van der Waals surface area contributed by atoms with Crippen LogP contribution in [0, 0.1) is 12.7 Å². The van der Waals surface area contributed by atoms with Gasteiger partial charge in [0.1, 0.15) is 29.4 Å². The number of nitrogens with zero attached hydrogens (tertiary/aromatic N) is 6. The largest absolute Gasteiger partial charge is 0.474 e. The standard InChI is InChI=1S/C30H28FN7O3/c1-4-27(39)38-13-11-20(12-14-38)41-26-10-8-23-29(35-26)30(33-17-32-23)34-22-7-9-25(18(2)28(22)31)40-21-6-5-19-16-37(3)36-24(19)15-21/h4-10,15-17,20H,1,11-14H2,2-3H3,(H,32,33,34). The molecule has 0 atom stereocenters. The highest BCUT2D eigenvalue weighted by Gasteiger charge is 2.23. The van der Waals surface area contributed by atoms with Crippen molar-refractivity contribution >= 4 is 39.3 Å². The number of rotatable bonds is 7. The summed E-state index contributed by atoms with van der Waals surface area (Å²) in [5, 5.41) is 8.46. The van der Waals surface area contributed by atoms with Gasteiger partial charge >= 0.3 is 0 Å². The zero-order chi connectivity index (χ0) is 28.5. The summed E-state index contributed by atoms with van der Waals surface area (Å²) in [5.74, 6) is 1.17. The van der Waals surface area contributed by atoms with Crippen LogP contribution in [0.3, 0.4) is 0 Å². The SMILES string of the molecule is C=CC(=O)N1CCC(Oc2ccc3ncnc(Nc4ccc(Oc5ccc6cn(C)nc6c5)c(C)c4F)c3n2)CC1. The molecule has 6 rings (SSSR count). The first-order chi connectivity index (χ1) is 19.9. The van der Waals surface area contributed by atoms with Crippen molar-refractivity contribution in [3.05, 3.63) is 79.0 Å². The second-order valence-corrected chi connectivity index (χ2v) is 9.89. The minimum atomic E-state index is -0.471. The summed E-state index contributed by atoms with van der Waals surface area (Å²) in [6, 6.07) is 12.4. The molecule has 208 valence electrons. The smallest absolute Gasteiger partial charge is 0.245 e. The summed E-state index contributed by atoms with van der Waals surface area (Å²) < 4.78 is 29.4. The number of carbonyl (C=O) groups excluding carboxylic acids is 1. The maximum Gasteiger partial charge on any atom is 0.245 e. The zero-order valence-corrected chi connectivity index (χ0v) is 22.7. The molecule has 11 heteroatoms. The number of aryl methyl sites for hydroxylation is 1. The predicted octanol–water partition coefficient (Wildman–Crippen LogP) is 5.45. The van der Waals surface area contributed by atoms with Gasteiger partial charge in [-0.1, -0.05) is 6.58 Å². The Labute approximate surface area is 235 Å². The van der Waals surface area contributed by atoms with Crippen molar-refractivity contribution in [2.75, 3.05) is 18.4 Å². The molecule has 1 aliphatic heterocycles. The van der Waals surface area contributed by atoms with Crippen molar-refractivity contribution in [3.8, 4) is 17.4 Å². The van der Waals surface area contributed by atoms with Crippen molar-refractivity contribution in [2.24, 2.45) is 7.05 Å². The van der Waals surface area contributed by atoms with Crippen LogP contribution in [0.25, 0.3) is 21.9 Å². The molecule has 2 aromatic carbocycles. The van der Waals surface area contributed by atoms with Crippen LogP contribution in [0.5, 0.6) is 17.4 Å². The van der Waals surface area contributed by atoms with E-state index < -0.39 is 5.82 Å².